The largest absolute Gasteiger partial charge is 0.369 e. The molecule has 0 spiro atoms. The molecular weight excluding hydrogens is 387 g/mol. The Morgan fingerprint density at radius 2 is 2.07 bits per heavy atom. The number of halogens is 1. The number of benzene rings is 1. The second-order valence-corrected chi connectivity index (χ2v) is 7.80. The molecule has 3 aromatic rings. The van der Waals surface area contributed by atoms with Crippen LogP contribution in [0.25, 0.3) is 11.0 Å². The van der Waals surface area contributed by atoms with Crippen molar-refractivity contribution in [1.82, 2.24) is 19.3 Å². The summed E-state index contributed by atoms with van der Waals surface area (Å²) in [6.07, 6.45) is 8.46. The van der Waals surface area contributed by atoms with Crippen LogP contribution >= 0.6 is 0 Å². The summed E-state index contributed by atoms with van der Waals surface area (Å²) in [5.74, 6) is -0.814. The summed E-state index contributed by atoms with van der Waals surface area (Å²) < 4.78 is 17.4. The molecule has 8 nitrogen and oxygen atoms in total. The molecule has 4 rings (SSSR count). The average Bonchev–Trinajstić information content (AvgIpc) is 3.12. The molecule has 0 bridgehead atoms. The summed E-state index contributed by atoms with van der Waals surface area (Å²) in [7, 11) is 3.61. The van der Waals surface area contributed by atoms with Crippen molar-refractivity contribution in [3.63, 3.8) is 0 Å². The summed E-state index contributed by atoms with van der Waals surface area (Å²) in [6.45, 7) is -0.220. The van der Waals surface area contributed by atoms with E-state index in [9.17, 15) is 14.0 Å². The molecule has 2 heterocycles. The van der Waals surface area contributed by atoms with Crippen LogP contribution in [0, 0.1) is 5.82 Å². The number of fused-ring (bicyclic) bond motifs is 1. The van der Waals surface area contributed by atoms with Crippen LogP contribution in [0.15, 0.2) is 35.5 Å². The molecule has 30 heavy (non-hydrogen) atoms. The molecule has 2 aromatic heterocycles. The lowest BCUT2D eigenvalue weighted by molar-refractivity contribution is -0.116. The van der Waals surface area contributed by atoms with Gasteiger partial charge in [-0.3, -0.25) is 18.8 Å². The first-order valence-electron chi connectivity index (χ1n) is 10.1. The summed E-state index contributed by atoms with van der Waals surface area (Å²) in [4.78, 5) is 31.0. The first-order chi connectivity index (χ1) is 14.4. The number of rotatable bonds is 5. The van der Waals surface area contributed by atoms with Gasteiger partial charge in [0, 0.05) is 25.8 Å². The van der Waals surface area contributed by atoms with Crippen LogP contribution in [0.4, 0.5) is 15.8 Å². The monoisotopic (exact) mass is 412 g/mol. The van der Waals surface area contributed by atoms with Gasteiger partial charge >= 0.3 is 0 Å². The van der Waals surface area contributed by atoms with Crippen molar-refractivity contribution in [2.45, 2.75) is 44.7 Å². The summed E-state index contributed by atoms with van der Waals surface area (Å²) in [5, 5.41) is 7.00. The fourth-order valence-corrected chi connectivity index (χ4v) is 4.07. The van der Waals surface area contributed by atoms with Gasteiger partial charge in [-0.25, -0.2) is 9.37 Å². The Kier molecular flexibility index (Phi) is 5.52. The number of amides is 1. The molecule has 1 aliphatic carbocycles. The van der Waals surface area contributed by atoms with Crippen molar-refractivity contribution in [3.8, 4) is 0 Å². The zero-order valence-electron chi connectivity index (χ0n) is 17.1. The predicted octanol–water partition coefficient (Wildman–Crippen LogP) is 2.68. The van der Waals surface area contributed by atoms with Gasteiger partial charge in [0.05, 0.1) is 11.9 Å². The highest BCUT2D eigenvalue weighted by Crippen LogP contribution is 2.29. The summed E-state index contributed by atoms with van der Waals surface area (Å²) in [6, 6.07) is 5.03. The van der Waals surface area contributed by atoms with Crippen LogP contribution < -0.4 is 15.8 Å². The van der Waals surface area contributed by atoms with E-state index in [0.717, 1.165) is 12.8 Å². The second-order valence-electron chi connectivity index (χ2n) is 7.80. The Morgan fingerprint density at radius 3 is 2.80 bits per heavy atom. The van der Waals surface area contributed by atoms with E-state index >= 15 is 0 Å². The Bertz CT molecular complexity index is 1130. The number of carbonyl (C=O) groups excluding carboxylic acids is 1. The molecule has 1 fully saturated rings. The quantitative estimate of drug-likeness (QED) is 0.697. The molecule has 158 valence electrons. The van der Waals surface area contributed by atoms with Crippen LogP contribution in [0.2, 0.25) is 0 Å². The standard InChI is InChI=1S/C21H25FN6O2/c1-26(15-6-4-3-5-7-15)18-9-8-14(10-17(18)22)25-19(29)12-28-13-23-20-16(21(28)30)11-24-27(20)2/h8-11,13,15H,3-7,12H2,1-2H3,(H,25,29). The number of nitrogens with zero attached hydrogens (tertiary/aromatic N) is 5. The normalized spacial score (nSPS) is 14.8. The molecule has 0 atom stereocenters. The average molecular weight is 412 g/mol. The number of nitrogens with one attached hydrogen (secondary N) is 1. The third kappa shape index (κ3) is 3.92. The molecule has 1 N–H and O–H groups in total. The zero-order chi connectivity index (χ0) is 21.3. The van der Waals surface area contributed by atoms with Crippen molar-refractivity contribution in [2.24, 2.45) is 7.05 Å². The maximum atomic E-state index is 14.7. The number of hydrogen-bond donors (Lipinski definition) is 1. The highest BCUT2D eigenvalue weighted by Gasteiger charge is 2.21. The van der Waals surface area contributed by atoms with Crippen LogP contribution in [0.1, 0.15) is 32.1 Å². The van der Waals surface area contributed by atoms with Gasteiger partial charge < -0.3 is 10.2 Å². The van der Waals surface area contributed by atoms with Crippen molar-refractivity contribution in [2.75, 3.05) is 17.3 Å². The van der Waals surface area contributed by atoms with Crippen LogP contribution in [-0.2, 0) is 18.4 Å². The molecular formula is C21H25FN6O2. The highest BCUT2D eigenvalue weighted by atomic mass is 19.1. The molecule has 1 saturated carbocycles. The zero-order valence-corrected chi connectivity index (χ0v) is 17.1. The Balaban J connectivity index is 1.45. The smallest absolute Gasteiger partial charge is 0.264 e. The van der Waals surface area contributed by atoms with Crippen molar-refractivity contribution in [1.29, 1.82) is 0 Å². The number of anilines is 2. The van der Waals surface area contributed by atoms with Gasteiger partial charge in [-0.2, -0.15) is 5.10 Å². The molecule has 9 heteroatoms. The minimum absolute atomic E-state index is 0.220. The van der Waals surface area contributed by atoms with E-state index in [1.165, 1.54) is 47.1 Å². The number of carbonyl (C=O) groups is 1. The Hall–Kier alpha value is -3.23. The van der Waals surface area contributed by atoms with E-state index in [1.54, 1.807) is 19.2 Å². The molecule has 0 aliphatic heterocycles. The van der Waals surface area contributed by atoms with Gasteiger partial charge in [-0.15, -0.1) is 0 Å². The second kappa shape index (κ2) is 8.25. The first-order valence-corrected chi connectivity index (χ1v) is 10.1. The van der Waals surface area contributed by atoms with Crippen molar-refractivity contribution < 1.29 is 9.18 Å². The minimum Gasteiger partial charge on any atom is -0.369 e. The van der Waals surface area contributed by atoms with Crippen LogP contribution in [0.3, 0.4) is 0 Å². The van der Waals surface area contributed by atoms with Gasteiger partial charge in [0.2, 0.25) is 5.91 Å². The number of hydrogen-bond acceptors (Lipinski definition) is 5. The highest BCUT2D eigenvalue weighted by molar-refractivity contribution is 5.91. The minimum atomic E-state index is -0.435. The molecule has 1 aliphatic rings. The van der Waals surface area contributed by atoms with E-state index in [1.807, 2.05) is 11.9 Å². The van der Waals surface area contributed by atoms with Gasteiger partial charge in [-0.1, -0.05) is 19.3 Å². The molecule has 1 amide bonds. The number of aryl methyl sites for hydroxylation is 1. The Morgan fingerprint density at radius 1 is 1.30 bits per heavy atom. The number of aromatic nitrogens is 4. The maximum Gasteiger partial charge on any atom is 0.264 e. The van der Waals surface area contributed by atoms with E-state index in [4.69, 9.17) is 0 Å². The third-order valence-corrected chi connectivity index (χ3v) is 5.77. The van der Waals surface area contributed by atoms with E-state index < -0.39 is 5.91 Å². The Labute approximate surface area is 173 Å². The van der Waals surface area contributed by atoms with Gasteiger partial charge in [0.1, 0.15) is 24.1 Å². The van der Waals surface area contributed by atoms with Gasteiger partial charge in [0.15, 0.2) is 5.65 Å². The summed E-state index contributed by atoms with van der Waals surface area (Å²) >= 11 is 0. The molecule has 1 aromatic carbocycles. The van der Waals surface area contributed by atoms with Gasteiger partial charge in [-0.05, 0) is 31.0 Å². The fraction of sp³-hybridized carbons (Fsp3) is 0.429. The van der Waals surface area contributed by atoms with E-state index in [0.29, 0.717) is 28.5 Å². The van der Waals surface area contributed by atoms with E-state index in [2.05, 4.69) is 15.4 Å². The van der Waals surface area contributed by atoms with Crippen LogP contribution in [-0.4, -0.2) is 38.3 Å². The van der Waals surface area contributed by atoms with Gasteiger partial charge in [0.25, 0.3) is 5.56 Å². The fourth-order valence-electron chi connectivity index (χ4n) is 4.07. The lowest BCUT2D eigenvalue weighted by Crippen LogP contribution is -2.33. The predicted molar refractivity (Wildman–Crippen MR) is 113 cm³/mol. The summed E-state index contributed by atoms with van der Waals surface area (Å²) in [5.41, 5.74) is 0.986. The maximum absolute atomic E-state index is 14.7. The third-order valence-electron chi connectivity index (χ3n) is 5.77. The van der Waals surface area contributed by atoms with Crippen molar-refractivity contribution in [3.05, 3.63) is 46.9 Å². The topological polar surface area (TPSA) is 85.1 Å². The first kappa shape index (κ1) is 20.1. The van der Waals surface area contributed by atoms with E-state index in [-0.39, 0.29) is 17.9 Å². The molecule has 0 saturated heterocycles. The van der Waals surface area contributed by atoms with Crippen molar-refractivity contribution >= 4 is 28.3 Å². The molecule has 0 unspecified atom stereocenters. The molecule has 0 radical (unpaired) electrons. The lowest BCUT2D eigenvalue weighted by Gasteiger charge is -2.33. The lowest BCUT2D eigenvalue weighted by atomic mass is 9.94. The van der Waals surface area contributed by atoms with Crippen LogP contribution in [0.5, 0.6) is 0 Å². The SMILES string of the molecule is CN(c1ccc(NC(=O)Cn2cnc3c(cnn3C)c2=O)cc1F)C1CCCCC1.